The first-order valence-electron chi connectivity index (χ1n) is 8.74. The molecule has 0 fully saturated rings. The van der Waals surface area contributed by atoms with Crippen LogP contribution in [0.2, 0.25) is 5.02 Å². The van der Waals surface area contributed by atoms with Crippen molar-refractivity contribution in [3.8, 4) is 22.9 Å². The van der Waals surface area contributed by atoms with Crippen LogP contribution in [0.25, 0.3) is 5.69 Å². The molecule has 3 heterocycles. The molecular weight excluding hydrogens is 382 g/mol. The number of hydrogen-bond donors (Lipinski definition) is 1. The first-order valence-corrected chi connectivity index (χ1v) is 9.12. The highest BCUT2D eigenvalue weighted by atomic mass is 35.5. The predicted molar refractivity (Wildman–Crippen MR) is 103 cm³/mol. The van der Waals surface area contributed by atoms with E-state index in [-0.39, 0.29) is 25.0 Å². The minimum atomic E-state index is -0.229. The average Bonchev–Trinajstić information content (AvgIpc) is 3.33. The molecule has 0 radical (unpaired) electrons. The fraction of sp³-hybridized carbons (Fsp3) is 0.200. The number of benzene rings is 2. The van der Waals surface area contributed by atoms with Gasteiger partial charge in [-0.2, -0.15) is 0 Å². The number of fused-ring (bicyclic) bond motifs is 2. The molecule has 2 aliphatic rings. The highest BCUT2D eigenvalue weighted by Gasteiger charge is 2.33. The van der Waals surface area contributed by atoms with Crippen LogP contribution in [0.5, 0.6) is 17.2 Å². The first kappa shape index (κ1) is 16.9. The molecule has 0 spiro atoms. The van der Waals surface area contributed by atoms with Crippen molar-refractivity contribution in [3.05, 3.63) is 59.0 Å². The van der Waals surface area contributed by atoms with Crippen molar-refractivity contribution in [2.45, 2.75) is 12.3 Å². The quantitative estimate of drug-likeness (QED) is 0.728. The number of methoxy groups -OCH3 is 1. The van der Waals surface area contributed by atoms with Crippen molar-refractivity contribution in [2.75, 3.05) is 19.2 Å². The van der Waals surface area contributed by atoms with E-state index in [2.05, 4.69) is 10.3 Å². The third-order valence-corrected chi connectivity index (χ3v) is 5.18. The average molecular weight is 398 g/mol. The molecule has 0 saturated carbocycles. The van der Waals surface area contributed by atoms with Crippen molar-refractivity contribution in [1.82, 2.24) is 9.55 Å². The van der Waals surface area contributed by atoms with E-state index in [1.54, 1.807) is 19.5 Å². The molecule has 28 heavy (non-hydrogen) atoms. The van der Waals surface area contributed by atoms with Gasteiger partial charge in [-0.3, -0.25) is 9.36 Å². The van der Waals surface area contributed by atoms with Crippen molar-refractivity contribution < 1.29 is 19.0 Å². The summed E-state index contributed by atoms with van der Waals surface area (Å²) in [6.45, 7) is 0.148. The summed E-state index contributed by atoms with van der Waals surface area (Å²) in [6, 6.07) is 11.1. The Bertz CT molecular complexity index is 1100. The number of rotatable bonds is 3. The third kappa shape index (κ3) is 2.66. The van der Waals surface area contributed by atoms with Crippen LogP contribution in [-0.2, 0) is 4.79 Å². The van der Waals surface area contributed by atoms with Gasteiger partial charge in [-0.1, -0.05) is 17.7 Å². The van der Waals surface area contributed by atoms with Crippen LogP contribution in [0.1, 0.15) is 23.6 Å². The number of halogens is 1. The maximum atomic E-state index is 12.5. The van der Waals surface area contributed by atoms with Gasteiger partial charge in [0.15, 0.2) is 11.5 Å². The second kappa shape index (κ2) is 6.45. The number of hydrogen-bond acceptors (Lipinski definition) is 5. The Balaban J connectivity index is 1.62. The lowest BCUT2D eigenvalue weighted by atomic mass is 9.89. The fourth-order valence-corrected chi connectivity index (χ4v) is 3.84. The van der Waals surface area contributed by atoms with E-state index in [1.165, 1.54) is 0 Å². The van der Waals surface area contributed by atoms with Crippen molar-refractivity contribution in [3.63, 3.8) is 0 Å². The van der Waals surface area contributed by atoms with Gasteiger partial charge >= 0.3 is 0 Å². The van der Waals surface area contributed by atoms with Gasteiger partial charge in [0.05, 0.1) is 12.8 Å². The van der Waals surface area contributed by atoms with Crippen molar-refractivity contribution >= 4 is 23.3 Å². The number of ether oxygens (including phenoxy) is 3. The van der Waals surface area contributed by atoms with Crippen LogP contribution in [0.4, 0.5) is 5.82 Å². The summed E-state index contributed by atoms with van der Waals surface area (Å²) in [4.78, 5) is 17.1. The van der Waals surface area contributed by atoms with Gasteiger partial charge in [0.2, 0.25) is 18.4 Å². The molecule has 0 aliphatic carbocycles. The maximum absolute atomic E-state index is 12.5. The molecule has 5 rings (SSSR count). The van der Waals surface area contributed by atoms with Crippen molar-refractivity contribution in [1.29, 1.82) is 0 Å². The zero-order chi connectivity index (χ0) is 19.3. The number of anilines is 1. The highest BCUT2D eigenvalue weighted by Crippen LogP contribution is 2.46. The molecule has 2 aliphatic heterocycles. The van der Waals surface area contributed by atoms with E-state index >= 15 is 0 Å². The van der Waals surface area contributed by atoms with E-state index in [0.29, 0.717) is 28.1 Å². The summed E-state index contributed by atoms with van der Waals surface area (Å²) in [5.41, 5.74) is 2.49. The molecule has 2 aromatic carbocycles. The standard InChI is InChI=1S/C20H16ClN3O4/c1-26-15-5-11(6-16-19(15)28-10-27-16)14-8-17(25)23-20-18(14)22-9-24(20)13-4-2-3-12(21)7-13/h2-7,9,14H,8,10H2,1H3,(H,23,25). The summed E-state index contributed by atoms with van der Waals surface area (Å²) in [7, 11) is 1.58. The molecule has 7 nitrogen and oxygen atoms in total. The molecule has 1 amide bonds. The molecule has 1 unspecified atom stereocenters. The minimum Gasteiger partial charge on any atom is -0.493 e. The normalized spacial score (nSPS) is 17.2. The van der Waals surface area contributed by atoms with Crippen LogP contribution in [0.3, 0.4) is 0 Å². The minimum absolute atomic E-state index is 0.0853. The molecule has 8 heteroatoms. The number of imidazole rings is 1. The second-order valence-corrected chi connectivity index (χ2v) is 7.03. The van der Waals surface area contributed by atoms with Gasteiger partial charge in [-0.25, -0.2) is 4.98 Å². The lowest BCUT2D eigenvalue weighted by Crippen LogP contribution is -2.25. The van der Waals surface area contributed by atoms with Gasteiger partial charge in [-0.15, -0.1) is 0 Å². The van der Waals surface area contributed by atoms with Crippen LogP contribution < -0.4 is 19.5 Å². The Labute approximate surface area is 165 Å². The van der Waals surface area contributed by atoms with E-state index in [9.17, 15) is 4.79 Å². The van der Waals surface area contributed by atoms with Gasteiger partial charge < -0.3 is 19.5 Å². The molecule has 1 N–H and O–H groups in total. The smallest absolute Gasteiger partial charge is 0.231 e. The lowest BCUT2D eigenvalue weighted by Gasteiger charge is -2.24. The monoisotopic (exact) mass is 397 g/mol. The Morgan fingerprint density at radius 2 is 2.18 bits per heavy atom. The summed E-state index contributed by atoms with van der Waals surface area (Å²) in [6.07, 6.45) is 1.97. The van der Waals surface area contributed by atoms with E-state index in [4.69, 9.17) is 25.8 Å². The second-order valence-electron chi connectivity index (χ2n) is 6.59. The third-order valence-electron chi connectivity index (χ3n) is 4.94. The van der Waals surface area contributed by atoms with Crippen LogP contribution >= 0.6 is 11.6 Å². The Kier molecular flexibility index (Phi) is 3.91. The van der Waals surface area contributed by atoms with Crippen LogP contribution in [-0.4, -0.2) is 29.4 Å². The number of carbonyl (C=O) groups excluding carboxylic acids is 1. The number of carbonyl (C=O) groups is 1. The first-order chi connectivity index (χ1) is 13.6. The van der Waals surface area contributed by atoms with Gasteiger partial charge in [0, 0.05) is 23.0 Å². The summed E-state index contributed by atoms with van der Waals surface area (Å²) in [5.74, 6) is 2.09. The van der Waals surface area contributed by atoms with Crippen molar-refractivity contribution in [2.24, 2.45) is 0 Å². The summed E-state index contributed by atoms with van der Waals surface area (Å²) in [5, 5.41) is 3.55. The molecule has 0 bridgehead atoms. The zero-order valence-corrected chi connectivity index (χ0v) is 15.7. The molecule has 1 aromatic heterocycles. The molecule has 1 atom stereocenters. The number of nitrogens with zero attached hydrogens (tertiary/aromatic N) is 2. The topological polar surface area (TPSA) is 74.6 Å². The Morgan fingerprint density at radius 3 is 3.00 bits per heavy atom. The van der Waals surface area contributed by atoms with Crippen LogP contribution in [0, 0.1) is 0 Å². The number of amides is 1. The molecule has 142 valence electrons. The largest absolute Gasteiger partial charge is 0.493 e. The fourth-order valence-electron chi connectivity index (χ4n) is 3.66. The number of aromatic nitrogens is 2. The Hall–Kier alpha value is -3.19. The summed E-state index contributed by atoms with van der Waals surface area (Å²) < 4.78 is 18.3. The van der Waals surface area contributed by atoms with E-state index in [0.717, 1.165) is 16.9 Å². The highest BCUT2D eigenvalue weighted by molar-refractivity contribution is 6.30. The lowest BCUT2D eigenvalue weighted by molar-refractivity contribution is -0.116. The van der Waals surface area contributed by atoms with E-state index in [1.807, 2.05) is 34.9 Å². The van der Waals surface area contributed by atoms with Gasteiger partial charge in [0.1, 0.15) is 12.1 Å². The maximum Gasteiger partial charge on any atom is 0.231 e. The summed E-state index contributed by atoms with van der Waals surface area (Å²) >= 11 is 6.12. The SMILES string of the molecule is COc1cc(C2CC(=O)Nc3c2ncn3-c2cccc(Cl)c2)cc2c1OCO2. The van der Waals surface area contributed by atoms with E-state index < -0.39 is 0 Å². The molecular formula is C20H16ClN3O4. The zero-order valence-electron chi connectivity index (χ0n) is 14.9. The predicted octanol–water partition coefficient (Wildman–Crippen LogP) is 3.74. The van der Waals surface area contributed by atoms with Gasteiger partial charge in [0.25, 0.3) is 0 Å². The number of nitrogens with one attached hydrogen (secondary N) is 1. The Morgan fingerprint density at radius 1 is 1.29 bits per heavy atom. The van der Waals surface area contributed by atoms with Gasteiger partial charge in [-0.05, 0) is 35.9 Å². The molecule has 0 saturated heterocycles. The van der Waals surface area contributed by atoms with Crippen LogP contribution in [0.15, 0.2) is 42.7 Å². The molecule has 3 aromatic rings.